The molecular weight excluding hydrogens is 327 g/mol. The van der Waals surface area contributed by atoms with E-state index in [1.165, 1.54) is 5.56 Å². The molecule has 1 aliphatic rings. The molecule has 26 heavy (non-hydrogen) atoms. The van der Waals surface area contributed by atoms with Crippen LogP contribution < -0.4 is 27.5 Å². The molecule has 6 nitrogen and oxygen atoms in total. The highest BCUT2D eigenvalue weighted by molar-refractivity contribution is 6.61. The molecule has 1 unspecified atom stereocenters. The summed E-state index contributed by atoms with van der Waals surface area (Å²) in [6, 6.07) is 26.4. The highest BCUT2D eigenvalue weighted by Crippen LogP contribution is 2.45. The van der Waals surface area contributed by atoms with Crippen molar-refractivity contribution >= 4 is 29.6 Å². The number of benzene rings is 3. The molecule has 1 atom stereocenters. The Hall–Kier alpha value is -2.84. The van der Waals surface area contributed by atoms with E-state index in [2.05, 4.69) is 34.5 Å². The van der Waals surface area contributed by atoms with Crippen molar-refractivity contribution in [2.24, 2.45) is 11.8 Å². The standard InChI is InChI=1S/C19H19BN4O2/c21-25-20(26-22)15-10-12-16(13-11-15)24-18-9-5-4-8-17(18)23-19(24)14-6-2-1-3-7-14/h1-13,19,23H,21-22H2. The second-order valence-electron chi connectivity index (χ2n) is 6.04. The average Bonchev–Trinajstić information content (AvgIpc) is 3.10. The van der Waals surface area contributed by atoms with Gasteiger partial charge in [-0.3, -0.25) is 0 Å². The summed E-state index contributed by atoms with van der Waals surface area (Å²) in [5.74, 6) is 10.4. The Bertz CT molecular complexity index is 872. The molecule has 3 aromatic carbocycles. The Labute approximate surface area is 152 Å². The molecule has 5 N–H and O–H groups in total. The van der Waals surface area contributed by atoms with Gasteiger partial charge < -0.3 is 19.7 Å². The number of nitrogens with two attached hydrogens (primary N) is 2. The van der Waals surface area contributed by atoms with Gasteiger partial charge in [0.05, 0.1) is 11.4 Å². The molecule has 0 spiro atoms. The van der Waals surface area contributed by atoms with Gasteiger partial charge in [-0.15, -0.1) is 0 Å². The quantitative estimate of drug-likeness (QED) is 0.486. The van der Waals surface area contributed by atoms with Crippen LogP contribution in [0.2, 0.25) is 0 Å². The largest absolute Gasteiger partial charge is 0.527 e. The predicted octanol–water partition coefficient (Wildman–Crippen LogP) is 2.42. The first-order valence-electron chi connectivity index (χ1n) is 8.32. The molecule has 4 rings (SSSR count). The van der Waals surface area contributed by atoms with Crippen LogP contribution in [0.15, 0.2) is 78.9 Å². The van der Waals surface area contributed by atoms with Gasteiger partial charge in [0.25, 0.3) is 0 Å². The Kier molecular flexibility index (Phi) is 4.60. The van der Waals surface area contributed by atoms with E-state index in [0.29, 0.717) is 0 Å². The summed E-state index contributed by atoms with van der Waals surface area (Å²) in [5, 5.41) is 3.60. The third kappa shape index (κ3) is 2.93. The average molecular weight is 346 g/mol. The Balaban J connectivity index is 1.74. The number of hydrogen-bond acceptors (Lipinski definition) is 6. The SMILES string of the molecule is NOB(ON)c1ccc(N2c3ccccc3NC2c2ccccc2)cc1. The van der Waals surface area contributed by atoms with Crippen LogP contribution in [0.3, 0.4) is 0 Å². The van der Waals surface area contributed by atoms with Crippen molar-refractivity contribution in [3.8, 4) is 0 Å². The van der Waals surface area contributed by atoms with E-state index in [4.69, 9.17) is 21.3 Å². The van der Waals surface area contributed by atoms with Gasteiger partial charge in [0.2, 0.25) is 0 Å². The fourth-order valence-corrected chi connectivity index (χ4v) is 3.29. The van der Waals surface area contributed by atoms with Gasteiger partial charge in [-0.25, -0.2) is 11.8 Å². The van der Waals surface area contributed by atoms with E-state index in [-0.39, 0.29) is 6.17 Å². The predicted molar refractivity (Wildman–Crippen MR) is 104 cm³/mol. The minimum atomic E-state index is -0.794. The van der Waals surface area contributed by atoms with E-state index in [9.17, 15) is 0 Å². The molecule has 0 aliphatic carbocycles. The maximum Gasteiger partial charge on any atom is 0.527 e. The molecule has 0 radical (unpaired) electrons. The summed E-state index contributed by atoms with van der Waals surface area (Å²) in [6.07, 6.45) is 0.00626. The zero-order valence-corrected chi connectivity index (χ0v) is 14.1. The number of nitrogens with zero attached hydrogens (tertiary/aromatic N) is 1. The smallest absolute Gasteiger partial charge is 0.359 e. The van der Waals surface area contributed by atoms with E-state index < -0.39 is 7.12 Å². The third-order valence-electron chi connectivity index (χ3n) is 4.52. The van der Waals surface area contributed by atoms with E-state index in [0.717, 1.165) is 22.5 Å². The molecule has 0 bridgehead atoms. The second-order valence-corrected chi connectivity index (χ2v) is 6.04. The fourth-order valence-electron chi connectivity index (χ4n) is 3.29. The normalized spacial score (nSPS) is 15.5. The molecular formula is C19H19BN4O2. The first-order valence-corrected chi connectivity index (χ1v) is 8.32. The maximum absolute atomic E-state index is 5.21. The lowest BCUT2D eigenvalue weighted by atomic mass is 9.80. The maximum atomic E-state index is 5.21. The molecule has 7 heteroatoms. The lowest BCUT2D eigenvalue weighted by Gasteiger charge is -2.27. The topological polar surface area (TPSA) is 85.8 Å². The summed E-state index contributed by atoms with van der Waals surface area (Å²) in [6.45, 7) is 0. The van der Waals surface area contributed by atoms with E-state index in [1.807, 2.05) is 54.6 Å². The molecule has 3 aromatic rings. The highest BCUT2D eigenvalue weighted by Gasteiger charge is 2.31. The van der Waals surface area contributed by atoms with Crippen molar-refractivity contribution < 1.29 is 9.51 Å². The lowest BCUT2D eigenvalue weighted by molar-refractivity contribution is 0.215. The minimum absolute atomic E-state index is 0.00626. The molecule has 1 heterocycles. The van der Waals surface area contributed by atoms with Gasteiger partial charge in [0.1, 0.15) is 6.17 Å². The van der Waals surface area contributed by atoms with Crippen molar-refractivity contribution in [3.63, 3.8) is 0 Å². The van der Waals surface area contributed by atoms with Gasteiger partial charge in [0, 0.05) is 5.69 Å². The molecule has 0 saturated heterocycles. The van der Waals surface area contributed by atoms with Gasteiger partial charge in [0.15, 0.2) is 0 Å². The summed E-state index contributed by atoms with van der Waals surface area (Å²) in [4.78, 5) is 2.26. The summed E-state index contributed by atoms with van der Waals surface area (Å²) >= 11 is 0. The number of fused-ring (bicyclic) bond motifs is 1. The number of nitrogens with one attached hydrogen (secondary N) is 1. The molecule has 0 amide bonds. The van der Waals surface area contributed by atoms with Crippen LogP contribution in [-0.4, -0.2) is 7.12 Å². The second kappa shape index (κ2) is 7.19. The van der Waals surface area contributed by atoms with Crippen molar-refractivity contribution in [2.45, 2.75) is 6.17 Å². The fraction of sp³-hybridized carbons (Fsp3) is 0.0526. The summed E-state index contributed by atoms with van der Waals surface area (Å²) in [7, 11) is -0.794. The van der Waals surface area contributed by atoms with Gasteiger partial charge in [-0.1, -0.05) is 54.6 Å². The number of para-hydroxylation sites is 2. The van der Waals surface area contributed by atoms with Crippen molar-refractivity contribution in [3.05, 3.63) is 84.4 Å². The van der Waals surface area contributed by atoms with E-state index in [1.54, 1.807) is 0 Å². The van der Waals surface area contributed by atoms with Gasteiger partial charge in [-0.2, -0.15) is 0 Å². The van der Waals surface area contributed by atoms with Crippen LogP contribution in [-0.2, 0) is 9.51 Å². The lowest BCUT2D eigenvalue weighted by Crippen LogP contribution is -2.41. The first kappa shape index (κ1) is 16.6. The van der Waals surface area contributed by atoms with Crippen LogP contribution in [0.25, 0.3) is 0 Å². The van der Waals surface area contributed by atoms with Crippen molar-refractivity contribution in [1.82, 2.24) is 0 Å². The zero-order chi connectivity index (χ0) is 17.9. The number of rotatable bonds is 5. The molecule has 1 aliphatic heterocycles. The molecule has 130 valence electrons. The number of anilines is 3. The van der Waals surface area contributed by atoms with Crippen molar-refractivity contribution in [2.75, 3.05) is 10.2 Å². The number of hydrogen-bond donors (Lipinski definition) is 3. The van der Waals surface area contributed by atoms with Crippen LogP contribution in [0, 0.1) is 0 Å². The van der Waals surface area contributed by atoms with Crippen LogP contribution in [0.4, 0.5) is 17.1 Å². The molecule has 0 fully saturated rings. The minimum Gasteiger partial charge on any atom is -0.359 e. The van der Waals surface area contributed by atoms with Gasteiger partial charge >= 0.3 is 7.12 Å². The van der Waals surface area contributed by atoms with E-state index >= 15 is 0 Å². The molecule has 0 saturated carbocycles. The summed E-state index contributed by atoms with van der Waals surface area (Å²) in [5.41, 5.74) is 5.18. The van der Waals surface area contributed by atoms with Crippen molar-refractivity contribution in [1.29, 1.82) is 0 Å². The monoisotopic (exact) mass is 346 g/mol. The molecule has 0 aromatic heterocycles. The van der Waals surface area contributed by atoms with Gasteiger partial charge in [-0.05, 0) is 35.3 Å². The first-order chi connectivity index (χ1) is 12.8. The van der Waals surface area contributed by atoms with Crippen LogP contribution in [0.5, 0.6) is 0 Å². The Morgan fingerprint density at radius 3 is 2.15 bits per heavy atom. The van der Waals surface area contributed by atoms with Crippen LogP contribution >= 0.6 is 0 Å². The van der Waals surface area contributed by atoms with Crippen LogP contribution in [0.1, 0.15) is 11.7 Å². The zero-order valence-electron chi connectivity index (χ0n) is 14.1. The Morgan fingerprint density at radius 1 is 0.808 bits per heavy atom. The third-order valence-corrected chi connectivity index (χ3v) is 4.52. The summed E-state index contributed by atoms with van der Waals surface area (Å²) < 4.78 is 9.45. The Morgan fingerprint density at radius 2 is 1.46 bits per heavy atom. The highest BCUT2D eigenvalue weighted by atomic mass is 16.7.